The van der Waals surface area contributed by atoms with Gasteiger partial charge >= 0.3 is 11.9 Å². The van der Waals surface area contributed by atoms with Gasteiger partial charge in [0.25, 0.3) is 0 Å². The lowest BCUT2D eigenvalue weighted by Gasteiger charge is -2.29. The number of carbonyl (C=O) groups is 2. The van der Waals surface area contributed by atoms with Gasteiger partial charge in [0.1, 0.15) is 0 Å². The maximum atomic E-state index is 11.2. The summed E-state index contributed by atoms with van der Waals surface area (Å²) in [5.41, 5.74) is 0. The van der Waals surface area contributed by atoms with Crippen molar-refractivity contribution >= 4 is 11.9 Å². The number of hydrogen-bond donors (Lipinski definition) is 0. The highest BCUT2D eigenvalue weighted by molar-refractivity contribution is 5.90. The third-order valence-corrected chi connectivity index (χ3v) is 2.51. The SMILES string of the molecule is O=C1C[C@@H]2CC=CC[C@H]2C(=O)O1. The van der Waals surface area contributed by atoms with Gasteiger partial charge in [0.2, 0.25) is 0 Å². The molecule has 0 bridgehead atoms. The van der Waals surface area contributed by atoms with Gasteiger partial charge in [0.05, 0.1) is 5.92 Å². The van der Waals surface area contributed by atoms with Crippen LogP contribution in [0.4, 0.5) is 0 Å². The lowest BCUT2D eigenvalue weighted by Crippen LogP contribution is -2.36. The predicted octanol–water partition coefficient (Wildman–Crippen LogP) is 1.04. The van der Waals surface area contributed by atoms with Crippen LogP contribution in [0.15, 0.2) is 12.2 Å². The molecular formula is C9H10O3. The van der Waals surface area contributed by atoms with Gasteiger partial charge in [-0.2, -0.15) is 0 Å². The second-order valence-electron chi connectivity index (χ2n) is 3.31. The minimum atomic E-state index is -0.364. The number of allylic oxidation sites excluding steroid dienone is 2. The van der Waals surface area contributed by atoms with Crippen LogP contribution in [0.3, 0.4) is 0 Å². The Bertz CT molecular complexity index is 254. The van der Waals surface area contributed by atoms with Gasteiger partial charge in [0.15, 0.2) is 0 Å². The van der Waals surface area contributed by atoms with E-state index < -0.39 is 0 Å². The molecule has 0 saturated carbocycles. The summed E-state index contributed by atoms with van der Waals surface area (Å²) in [7, 11) is 0. The molecule has 0 aromatic heterocycles. The van der Waals surface area contributed by atoms with Gasteiger partial charge in [-0.05, 0) is 18.8 Å². The van der Waals surface area contributed by atoms with Gasteiger partial charge in [-0.15, -0.1) is 0 Å². The van der Waals surface area contributed by atoms with Crippen LogP contribution in [0, 0.1) is 11.8 Å². The molecule has 2 aliphatic rings. The van der Waals surface area contributed by atoms with E-state index in [1.54, 1.807) is 0 Å². The van der Waals surface area contributed by atoms with E-state index >= 15 is 0 Å². The molecule has 0 aromatic carbocycles. The summed E-state index contributed by atoms with van der Waals surface area (Å²) in [6, 6.07) is 0. The summed E-state index contributed by atoms with van der Waals surface area (Å²) in [6.07, 6.45) is 5.99. The Morgan fingerprint density at radius 1 is 1.25 bits per heavy atom. The molecule has 64 valence electrons. The predicted molar refractivity (Wildman–Crippen MR) is 41.1 cm³/mol. The number of ether oxygens (including phenoxy) is 1. The number of esters is 2. The monoisotopic (exact) mass is 166 g/mol. The zero-order valence-corrected chi connectivity index (χ0v) is 6.66. The molecule has 1 aliphatic carbocycles. The van der Waals surface area contributed by atoms with E-state index in [4.69, 9.17) is 0 Å². The van der Waals surface area contributed by atoms with Gasteiger partial charge in [0, 0.05) is 6.42 Å². The Kier molecular flexibility index (Phi) is 1.71. The second kappa shape index (κ2) is 2.73. The summed E-state index contributed by atoms with van der Waals surface area (Å²) >= 11 is 0. The molecule has 0 spiro atoms. The van der Waals surface area contributed by atoms with Gasteiger partial charge in [-0.1, -0.05) is 12.2 Å². The van der Waals surface area contributed by atoms with Gasteiger partial charge in [-0.25, -0.2) is 0 Å². The molecule has 1 aliphatic heterocycles. The minimum Gasteiger partial charge on any atom is -0.393 e. The number of cyclic esters (lactones) is 2. The molecule has 0 N–H and O–H groups in total. The Hall–Kier alpha value is -1.12. The number of rotatable bonds is 0. The first-order valence-corrected chi connectivity index (χ1v) is 4.17. The molecule has 3 heteroatoms. The zero-order chi connectivity index (χ0) is 8.55. The number of carbonyl (C=O) groups excluding carboxylic acids is 2. The first-order valence-electron chi connectivity index (χ1n) is 4.17. The summed E-state index contributed by atoms with van der Waals surface area (Å²) < 4.78 is 4.54. The van der Waals surface area contributed by atoms with Crippen molar-refractivity contribution in [2.24, 2.45) is 11.8 Å². The van der Waals surface area contributed by atoms with E-state index in [9.17, 15) is 9.59 Å². The first-order chi connectivity index (χ1) is 5.77. The van der Waals surface area contributed by atoms with Crippen LogP contribution in [-0.4, -0.2) is 11.9 Å². The highest BCUT2D eigenvalue weighted by Crippen LogP contribution is 2.32. The van der Waals surface area contributed by atoms with Crippen LogP contribution in [-0.2, 0) is 14.3 Å². The quantitative estimate of drug-likeness (QED) is 0.307. The van der Waals surface area contributed by atoms with Crippen LogP contribution in [0.5, 0.6) is 0 Å². The number of fused-ring (bicyclic) bond motifs is 1. The Labute approximate surface area is 70.4 Å². The van der Waals surface area contributed by atoms with Gasteiger partial charge in [-0.3, -0.25) is 9.59 Å². The summed E-state index contributed by atoms with van der Waals surface area (Å²) in [5, 5.41) is 0. The third-order valence-electron chi connectivity index (χ3n) is 2.51. The molecule has 2 atom stereocenters. The fourth-order valence-corrected chi connectivity index (χ4v) is 1.83. The molecule has 12 heavy (non-hydrogen) atoms. The molecule has 0 aromatic rings. The average molecular weight is 166 g/mol. The molecule has 1 heterocycles. The maximum absolute atomic E-state index is 11.2. The second-order valence-corrected chi connectivity index (χ2v) is 3.31. The van der Waals surface area contributed by atoms with Crippen molar-refractivity contribution in [1.82, 2.24) is 0 Å². The van der Waals surface area contributed by atoms with E-state index in [0.717, 1.165) is 12.8 Å². The zero-order valence-electron chi connectivity index (χ0n) is 6.66. The smallest absolute Gasteiger partial charge is 0.317 e. The van der Waals surface area contributed by atoms with E-state index in [1.807, 2.05) is 12.2 Å². The molecular weight excluding hydrogens is 156 g/mol. The van der Waals surface area contributed by atoms with E-state index in [0.29, 0.717) is 6.42 Å². The summed E-state index contributed by atoms with van der Waals surface area (Å²) in [6.45, 7) is 0. The normalized spacial score (nSPS) is 34.3. The maximum Gasteiger partial charge on any atom is 0.317 e. The Balaban J connectivity index is 2.18. The van der Waals surface area contributed by atoms with Crippen LogP contribution >= 0.6 is 0 Å². The highest BCUT2D eigenvalue weighted by Gasteiger charge is 2.37. The van der Waals surface area contributed by atoms with Crippen molar-refractivity contribution in [3.63, 3.8) is 0 Å². The first kappa shape index (κ1) is 7.53. The van der Waals surface area contributed by atoms with Crippen LogP contribution in [0.2, 0.25) is 0 Å². The lowest BCUT2D eigenvalue weighted by molar-refractivity contribution is -0.170. The summed E-state index contributed by atoms with van der Waals surface area (Å²) in [5.74, 6) is -0.561. The summed E-state index contributed by atoms with van der Waals surface area (Å²) in [4.78, 5) is 22.0. The largest absolute Gasteiger partial charge is 0.393 e. The topological polar surface area (TPSA) is 43.4 Å². The molecule has 1 saturated heterocycles. The molecule has 0 unspecified atom stereocenters. The van der Waals surface area contributed by atoms with Crippen LogP contribution < -0.4 is 0 Å². The lowest BCUT2D eigenvalue weighted by atomic mass is 9.80. The van der Waals surface area contributed by atoms with Gasteiger partial charge < -0.3 is 4.74 Å². The van der Waals surface area contributed by atoms with Crippen molar-refractivity contribution in [2.75, 3.05) is 0 Å². The molecule has 2 rings (SSSR count). The minimum absolute atomic E-state index is 0.0623. The van der Waals surface area contributed by atoms with Crippen molar-refractivity contribution in [3.8, 4) is 0 Å². The van der Waals surface area contributed by atoms with E-state index in [1.165, 1.54) is 0 Å². The molecule has 0 radical (unpaired) electrons. The van der Waals surface area contributed by atoms with Crippen molar-refractivity contribution in [2.45, 2.75) is 19.3 Å². The fourth-order valence-electron chi connectivity index (χ4n) is 1.83. The van der Waals surface area contributed by atoms with Crippen molar-refractivity contribution < 1.29 is 14.3 Å². The fraction of sp³-hybridized carbons (Fsp3) is 0.556. The Morgan fingerprint density at radius 2 is 2.00 bits per heavy atom. The standard InChI is InChI=1S/C9H10O3/c10-8-5-6-3-1-2-4-7(6)9(11)12-8/h1-2,6-7H,3-5H2/t6-,7+/m0/s1. The van der Waals surface area contributed by atoms with Crippen LogP contribution in [0.25, 0.3) is 0 Å². The van der Waals surface area contributed by atoms with E-state index in [2.05, 4.69) is 4.74 Å². The van der Waals surface area contributed by atoms with Crippen molar-refractivity contribution in [1.29, 1.82) is 0 Å². The molecule has 0 amide bonds. The van der Waals surface area contributed by atoms with E-state index in [-0.39, 0.29) is 23.8 Å². The highest BCUT2D eigenvalue weighted by atomic mass is 16.6. The van der Waals surface area contributed by atoms with Crippen LogP contribution in [0.1, 0.15) is 19.3 Å². The number of hydrogen-bond acceptors (Lipinski definition) is 3. The van der Waals surface area contributed by atoms with Crippen molar-refractivity contribution in [3.05, 3.63) is 12.2 Å². The Morgan fingerprint density at radius 3 is 2.83 bits per heavy atom. The molecule has 3 nitrogen and oxygen atoms in total. The molecule has 1 fully saturated rings. The average Bonchev–Trinajstić information content (AvgIpc) is 2.04. The third kappa shape index (κ3) is 1.15.